The van der Waals surface area contributed by atoms with Gasteiger partial charge in [-0.1, -0.05) is 6.08 Å². The predicted octanol–water partition coefficient (Wildman–Crippen LogP) is 1.30. The van der Waals surface area contributed by atoms with Crippen molar-refractivity contribution in [2.24, 2.45) is 5.41 Å². The van der Waals surface area contributed by atoms with E-state index in [0.29, 0.717) is 12.8 Å². The van der Waals surface area contributed by atoms with Gasteiger partial charge in [0.15, 0.2) is 0 Å². The standard InChI is InChI=1S/C11H14O2/c1-4-7-10(3)9(12)6-8-11(10,13)5-2/h1,5,13H,2,6-8H2,3H3/t10-,11-/m0/s1. The summed E-state index contributed by atoms with van der Waals surface area (Å²) in [4.78, 5) is 11.6. The topological polar surface area (TPSA) is 37.3 Å². The van der Waals surface area contributed by atoms with Gasteiger partial charge in [0.1, 0.15) is 5.78 Å². The highest BCUT2D eigenvalue weighted by atomic mass is 16.3. The van der Waals surface area contributed by atoms with E-state index in [2.05, 4.69) is 12.5 Å². The van der Waals surface area contributed by atoms with E-state index < -0.39 is 11.0 Å². The molecule has 0 spiro atoms. The summed E-state index contributed by atoms with van der Waals surface area (Å²) < 4.78 is 0. The van der Waals surface area contributed by atoms with Crippen molar-refractivity contribution in [1.82, 2.24) is 0 Å². The monoisotopic (exact) mass is 178 g/mol. The lowest BCUT2D eigenvalue weighted by Gasteiger charge is -2.34. The number of carbonyl (C=O) groups is 1. The third-order valence-electron chi connectivity index (χ3n) is 3.10. The van der Waals surface area contributed by atoms with Gasteiger partial charge in [-0.3, -0.25) is 4.79 Å². The van der Waals surface area contributed by atoms with Crippen molar-refractivity contribution in [1.29, 1.82) is 0 Å². The van der Waals surface area contributed by atoms with Crippen LogP contribution in [0.5, 0.6) is 0 Å². The SMILES string of the molecule is C#CC[C@@]1(C)C(=O)CC[C@@]1(O)C=C. The van der Waals surface area contributed by atoms with Gasteiger partial charge in [-0.2, -0.15) is 0 Å². The maximum Gasteiger partial charge on any atom is 0.143 e. The molecule has 70 valence electrons. The van der Waals surface area contributed by atoms with E-state index >= 15 is 0 Å². The summed E-state index contributed by atoms with van der Waals surface area (Å²) in [6.45, 7) is 5.27. The zero-order chi connectivity index (χ0) is 10.1. The first kappa shape index (κ1) is 10.0. The molecule has 2 heteroatoms. The van der Waals surface area contributed by atoms with E-state index in [1.807, 2.05) is 0 Å². The second-order valence-corrected chi connectivity index (χ2v) is 3.76. The Bertz CT molecular complexity index is 287. The molecule has 1 aliphatic carbocycles. The summed E-state index contributed by atoms with van der Waals surface area (Å²) in [5.74, 6) is 2.48. The number of hydrogen-bond donors (Lipinski definition) is 1. The lowest BCUT2D eigenvalue weighted by atomic mass is 9.73. The van der Waals surface area contributed by atoms with Crippen LogP contribution in [0.25, 0.3) is 0 Å². The van der Waals surface area contributed by atoms with Crippen LogP contribution < -0.4 is 0 Å². The fourth-order valence-corrected chi connectivity index (χ4v) is 1.88. The van der Waals surface area contributed by atoms with Gasteiger partial charge in [-0.15, -0.1) is 18.9 Å². The molecule has 1 saturated carbocycles. The van der Waals surface area contributed by atoms with Crippen LogP contribution >= 0.6 is 0 Å². The van der Waals surface area contributed by atoms with E-state index in [1.54, 1.807) is 6.92 Å². The van der Waals surface area contributed by atoms with Crippen molar-refractivity contribution in [2.45, 2.75) is 31.8 Å². The molecule has 1 rings (SSSR count). The molecule has 0 aromatic rings. The number of carbonyl (C=O) groups excluding carboxylic acids is 1. The van der Waals surface area contributed by atoms with Crippen molar-refractivity contribution in [3.05, 3.63) is 12.7 Å². The zero-order valence-corrected chi connectivity index (χ0v) is 7.84. The Labute approximate surface area is 78.6 Å². The number of Topliss-reactive ketones (excluding diaryl/α,β-unsaturated/α-hetero) is 1. The molecule has 2 atom stereocenters. The summed E-state index contributed by atoms with van der Waals surface area (Å²) in [5.41, 5.74) is -1.94. The molecule has 0 bridgehead atoms. The number of aliphatic hydroxyl groups is 1. The van der Waals surface area contributed by atoms with Crippen molar-refractivity contribution in [2.75, 3.05) is 0 Å². The van der Waals surface area contributed by atoms with Gasteiger partial charge in [0.25, 0.3) is 0 Å². The second-order valence-electron chi connectivity index (χ2n) is 3.76. The van der Waals surface area contributed by atoms with Crippen LogP contribution in [0.3, 0.4) is 0 Å². The molecule has 13 heavy (non-hydrogen) atoms. The van der Waals surface area contributed by atoms with E-state index in [9.17, 15) is 9.90 Å². The summed E-state index contributed by atoms with van der Waals surface area (Å²) in [5, 5.41) is 10.1. The Morgan fingerprint density at radius 3 is 2.92 bits per heavy atom. The second kappa shape index (κ2) is 3.01. The highest BCUT2D eigenvalue weighted by molar-refractivity contribution is 5.89. The molecular weight excluding hydrogens is 164 g/mol. The Hall–Kier alpha value is -1.07. The van der Waals surface area contributed by atoms with Gasteiger partial charge in [0.05, 0.1) is 11.0 Å². The Morgan fingerprint density at radius 2 is 2.46 bits per heavy atom. The zero-order valence-electron chi connectivity index (χ0n) is 7.84. The molecule has 1 fully saturated rings. The minimum absolute atomic E-state index is 0.0350. The summed E-state index contributed by atoms with van der Waals surface area (Å²) in [7, 11) is 0. The third-order valence-corrected chi connectivity index (χ3v) is 3.10. The first-order chi connectivity index (χ1) is 6.00. The lowest BCUT2D eigenvalue weighted by molar-refractivity contribution is -0.130. The molecule has 1 aliphatic rings. The molecule has 0 amide bonds. The van der Waals surface area contributed by atoms with E-state index in [0.717, 1.165) is 0 Å². The maximum atomic E-state index is 11.6. The van der Waals surface area contributed by atoms with Crippen LogP contribution in [0.15, 0.2) is 12.7 Å². The van der Waals surface area contributed by atoms with Gasteiger partial charge >= 0.3 is 0 Å². The smallest absolute Gasteiger partial charge is 0.143 e. The highest BCUT2D eigenvalue weighted by Crippen LogP contribution is 2.46. The number of ketones is 1. The van der Waals surface area contributed by atoms with Gasteiger partial charge in [0, 0.05) is 12.8 Å². The molecule has 0 radical (unpaired) electrons. The van der Waals surface area contributed by atoms with Crippen LogP contribution in [-0.2, 0) is 4.79 Å². The van der Waals surface area contributed by atoms with Gasteiger partial charge < -0.3 is 5.11 Å². The van der Waals surface area contributed by atoms with E-state index in [1.165, 1.54) is 6.08 Å². The molecule has 1 N–H and O–H groups in total. The summed E-state index contributed by atoms with van der Waals surface area (Å²) in [6, 6.07) is 0. The molecule has 0 saturated heterocycles. The minimum Gasteiger partial charge on any atom is -0.385 e. The number of terminal acetylenes is 1. The first-order valence-electron chi connectivity index (χ1n) is 4.33. The Morgan fingerprint density at radius 1 is 1.85 bits per heavy atom. The fourth-order valence-electron chi connectivity index (χ4n) is 1.88. The quantitative estimate of drug-likeness (QED) is 0.511. The summed E-state index contributed by atoms with van der Waals surface area (Å²) in [6.07, 6.45) is 7.72. The average molecular weight is 178 g/mol. The van der Waals surface area contributed by atoms with Crippen LogP contribution in [0.2, 0.25) is 0 Å². The molecule has 0 unspecified atom stereocenters. The summed E-state index contributed by atoms with van der Waals surface area (Å²) >= 11 is 0. The van der Waals surface area contributed by atoms with E-state index in [4.69, 9.17) is 6.42 Å². The van der Waals surface area contributed by atoms with Crippen molar-refractivity contribution in [3.8, 4) is 12.3 Å². The fraction of sp³-hybridized carbons (Fsp3) is 0.545. The molecule has 2 nitrogen and oxygen atoms in total. The number of rotatable bonds is 2. The van der Waals surface area contributed by atoms with Crippen molar-refractivity contribution in [3.63, 3.8) is 0 Å². The Kier molecular flexibility index (Phi) is 2.32. The predicted molar refractivity (Wildman–Crippen MR) is 50.9 cm³/mol. The molecule has 0 aliphatic heterocycles. The van der Waals surface area contributed by atoms with Crippen LogP contribution in [0, 0.1) is 17.8 Å². The molecule has 0 aromatic heterocycles. The normalized spacial score (nSPS) is 38.7. The van der Waals surface area contributed by atoms with Crippen molar-refractivity contribution < 1.29 is 9.90 Å². The van der Waals surface area contributed by atoms with Crippen LogP contribution in [-0.4, -0.2) is 16.5 Å². The highest BCUT2D eigenvalue weighted by Gasteiger charge is 2.54. The van der Waals surface area contributed by atoms with Gasteiger partial charge in [-0.25, -0.2) is 0 Å². The molecule has 0 heterocycles. The van der Waals surface area contributed by atoms with Gasteiger partial charge in [0.2, 0.25) is 0 Å². The average Bonchev–Trinajstić information content (AvgIpc) is 2.32. The van der Waals surface area contributed by atoms with Crippen LogP contribution in [0.4, 0.5) is 0 Å². The lowest BCUT2D eigenvalue weighted by Crippen LogP contribution is -2.43. The van der Waals surface area contributed by atoms with E-state index in [-0.39, 0.29) is 12.2 Å². The maximum absolute atomic E-state index is 11.6. The minimum atomic E-state index is -1.11. The van der Waals surface area contributed by atoms with Crippen LogP contribution in [0.1, 0.15) is 26.2 Å². The number of hydrogen-bond acceptors (Lipinski definition) is 2. The molecular formula is C11H14O2. The Balaban J connectivity index is 3.09. The first-order valence-corrected chi connectivity index (χ1v) is 4.33. The molecule has 0 aromatic carbocycles. The van der Waals surface area contributed by atoms with Crippen molar-refractivity contribution >= 4 is 5.78 Å². The largest absolute Gasteiger partial charge is 0.385 e. The van der Waals surface area contributed by atoms with Gasteiger partial charge in [-0.05, 0) is 13.3 Å². The third kappa shape index (κ3) is 1.20.